The molecule has 1 heterocycles. The number of ether oxygens (including phenoxy) is 1. The highest BCUT2D eigenvalue weighted by Crippen LogP contribution is 2.37. The molecule has 1 aliphatic heterocycles. The highest BCUT2D eigenvalue weighted by atomic mass is 79.9. The van der Waals surface area contributed by atoms with E-state index in [-0.39, 0.29) is 17.1 Å². The van der Waals surface area contributed by atoms with Crippen LogP contribution in [0.5, 0.6) is 11.5 Å². The molecular formula is C17H12BrF4NO2. The topological polar surface area (TPSA) is 30.8 Å². The van der Waals surface area contributed by atoms with E-state index in [1.807, 2.05) is 0 Å². The Bertz CT molecular complexity index is 836. The first-order chi connectivity index (χ1) is 11.7. The Labute approximate surface area is 149 Å². The number of halogens is 5. The number of oxime groups is 1. The molecule has 3 nitrogen and oxygen atoms in total. The Morgan fingerprint density at radius 2 is 2.00 bits per heavy atom. The van der Waals surface area contributed by atoms with Gasteiger partial charge in [0.2, 0.25) is 0 Å². The van der Waals surface area contributed by atoms with Gasteiger partial charge in [-0.3, -0.25) is 0 Å². The van der Waals surface area contributed by atoms with Gasteiger partial charge in [-0.2, -0.15) is 13.2 Å². The minimum Gasteiger partial charge on any atom is -0.457 e. The Kier molecular flexibility index (Phi) is 4.73. The third-order valence-electron chi connectivity index (χ3n) is 3.66. The highest BCUT2D eigenvalue weighted by Gasteiger charge is 2.31. The normalized spacial score (nSPS) is 17.2. The predicted molar refractivity (Wildman–Crippen MR) is 87.5 cm³/mol. The fourth-order valence-electron chi connectivity index (χ4n) is 2.40. The van der Waals surface area contributed by atoms with Crippen molar-refractivity contribution in [3.05, 3.63) is 58.9 Å². The lowest BCUT2D eigenvalue weighted by atomic mass is 10.0. The van der Waals surface area contributed by atoms with Gasteiger partial charge in [-0.05, 0) is 58.7 Å². The van der Waals surface area contributed by atoms with E-state index < -0.39 is 23.7 Å². The molecule has 0 saturated heterocycles. The first kappa shape index (κ1) is 17.7. The van der Waals surface area contributed by atoms with Crippen LogP contribution >= 0.6 is 15.9 Å². The molecule has 0 N–H and O–H groups in total. The second-order valence-electron chi connectivity index (χ2n) is 5.53. The highest BCUT2D eigenvalue weighted by molar-refractivity contribution is 9.18. The van der Waals surface area contributed by atoms with Crippen molar-refractivity contribution in [2.24, 2.45) is 5.16 Å². The SMILES string of the molecule is Cc1cc(F)c(C2CC(Br)=NO2)cc1Oc1cccc(C(F)(F)F)c1. The minimum absolute atomic E-state index is 0.0141. The Morgan fingerprint density at radius 3 is 2.64 bits per heavy atom. The van der Waals surface area contributed by atoms with Crippen LogP contribution in [0.4, 0.5) is 17.6 Å². The van der Waals surface area contributed by atoms with Crippen LogP contribution in [0.15, 0.2) is 41.6 Å². The van der Waals surface area contributed by atoms with Gasteiger partial charge in [0, 0.05) is 12.0 Å². The van der Waals surface area contributed by atoms with E-state index >= 15 is 0 Å². The molecule has 0 radical (unpaired) electrons. The van der Waals surface area contributed by atoms with Crippen molar-refractivity contribution in [2.75, 3.05) is 0 Å². The lowest BCUT2D eigenvalue weighted by Gasteiger charge is -2.15. The van der Waals surface area contributed by atoms with Crippen molar-refractivity contribution in [1.29, 1.82) is 0 Å². The summed E-state index contributed by atoms with van der Waals surface area (Å²) >= 11 is 3.18. The van der Waals surface area contributed by atoms with Crippen LogP contribution in [-0.2, 0) is 11.0 Å². The van der Waals surface area contributed by atoms with Crippen molar-refractivity contribution >= 4 is 20.6 Å². The first-order valence-electron chi connectivity index (χ1n) is 7.27. The van der Waals surface area contributed by atoms with Gasteiger partial charge in [0.05, 0.1) is 5.56 Å². The van der Waals surface area contributed by atoms with Crippen molar-refractivity contribution in [3.8, 4) is 11.5 Å². The Morgan fingerprint density at radius 1 is 1.24 bits per heavy atom. The fraction of sp³-hybridized carbons (Fsp3) is 0.235. The van der Waals surface area contributed by atoms with Crippen LogP contribution in [0.25, 0.3) is 0 Å². The van der Waals surface area contributed by atoms with Gasteiger partial charge in [-0.1, -0.05) is 11.2 Å². The maximum atomic E-state index is 14.2. The number of nitrogens with zero attached hydrogens (tertiary/aromatic N) is 1. The molecule has 3 rings (SSSR count). The standard InChI is InChI=1S/C17H12BrF4NO2/c1-9-5-13(19)12(15-8-16(18)23-25-15)7-14(9)24-11-4-2-3-10(6-11)17(20,21)22/h2-7,15H,8H2,1H3. The number of rotatable bonds is 3. The number of alkyl halides is 3. The number of benzene rings is 2. The fourth-order valence-corrected chi connectivity index (χ4v) is 2.78. The molecule has 2 aromatic carbocycles. The molecule has 0 bridgehead atoms. The van der Waals surface area contributed by atoms with Crippen LogP contribution in [0, 0.1) is 12.7 Å². The molecular weight excluding hydrogens is 406 g/mol. The summed E-state index contributed by atoms with van der Waals surface area (Å²) in [6.45, 7) is 1.61. The van der Waals surface area contributed by atoms with Crippen molar-refractivity contribution < 1.29 is 27.1 Å². The van der Waals surface area contributed by atoms with Crippen LogP contribution in [0.2, 0.25) is 0 Å². The smallest absolute Gasteiger partial charge is 0.416 e. The summed E-state index contributed by atoms with van der Waals surface area (Å²) in [7, 11) is 0. The number of hydrogen-bond acceptors (Lipinski definition) is 3. The lowest BCUT2D eigenvalue weighted by Crippen LogP contribution is -2.05. The Balaban J connectivity index is 1.90. The van der Waals surface area contributed by atoms with E-state index in [0.29, 0.717) is 16.6 Å². The van der Waals surface area contributed by atoms with Crippen LogP contribution in [-0.4, -0.2) is 4.62 Å². The van der Waals surface area contributed by atoms with Gasteiger partial charge in [-0.25, -0.2) is 4.39 Å². The van der Waals surface area contributed by atoms with E-state index in [0.717, 1.165) is 12.1 Å². The molecule has 0 aliphatic carbocycles. The van der Waals surface area contributed by atoms with Gasteiger partial charge in [-0.15, -0.1) is 0 Å². The Hall–Kier alpha value is -2.09. The molecule has 0 fully saturated rings. The maximum Gasteiger partial charge on any atom is 0.416 e. The van der Waals surface area contributed by atoms with E-state index in [1.54, 1.807) is 6.92 Å². The third-order valence-corrected chi connectivity index (χ3v) is 4.13. The summed E-state index contributed by atoms with van der Waals surface area (Å²) in [6, 6.07) is 7.20. The average Bonchev–Trinajstić information content (AvgIpc) is 2.96. The van der Waals surface area contributed by atoms with E-state index in [4.69, 9.17) is 9.57 Å². The minimum atomic E-state index is -4.47. The van der Waals surface area contributed by atoms with Crippen LogP contribution in [0.1, 0.15) is 29.2 Å². The molecule has 25 heavy (non-hydrogen) atoms. The molecule has 2 aromatic rings. The zero-order valence-electron chi connectivity index (χ0n) is 12.9. The average molecular weight is 418 g/mol. The molecule has 132 valence electrons. The van der Waals surface area contributed by atoms with Gasteiger partial charge >= 0.3 is 6.18 Å². The zero-order valence-corrected chi connectivity index (χ0v) is 14.5. The number of hydrogen-bond donors (Lipinski definition) is 0. The zero-order chi connectivity index (χ0) is 18.2. The molecule has 0 aromatic heterocycles. The number of aryl methyl sites for hydroxylation is 1. The van der Waals surface area contributed by atoms with E-state index in [1.165, 1.54) is 24.3 Å². The lowest BCUT2D eigenvalue weighted by molar-refractivity contribution is -0.137. The van der Waals surface area contributed by atoms with Gasteiger partial charge in [0.25, 0.3) is 0 Å². The predicted octanol–water partition coefficient (Wildman–Crippen LogP) is 6.12. The summed E-state index contributed by atoms with van der Waals surface area (Å²) in [5.41, 5.74) is -0.135. The molecule has 0 amide bonds. The summed E-state index contributed by atoms with van der Waals surface area (Å²) in [6.07, 6.45) is -4.72. The van der Waals surface area contributed by atoms with Crippen LogP contribution < -0.4 is 4.74 Å². The summed E-state index contributed by atoms with van der Waals surface area (Å²) in [5, 5.41) is 3.71. The molecule has 0 spiro atoms. The molecule has 0 saturated carbocycles. The van der Waals surface area contributed by atoms with E-state index in [9.17, 15) is 17.6 Å². The summed E-state index contributed by atoms with van der Waals surface area (Å²) in [4.78, 5) is 5.14. The molecule has 1 atom stereocenters. The molecule has 8 heteroatoms. The first-order valence-corrected chi connectivity index (χ1v) is 8.06. The third kappa shape index (κ3) is 3.95. The largest absolute Gasteiger partial charge is 0.457 e. The van der Waals surface area contributed by atoms with Crippen molar-refractivity contribution in [1.82, 2.24) is 0 Å². The quantitative estimate of drug-likeness (QED) is 0.563. The van der Waals surface area contributed by atoms with Gasteiger partial charge in [0.15, 0.2) is 6.10 Å². The maximum absolute atomic E-state index is 14.2. The second kappa shape index (κ2) is 6.67. The molecule has 1 aliphatic rings. The monoisotopic (exact) mass is 417 g/mol. The summed E-state index contributed by atoms with van der Waals surface area (Å²) < 4.78 is 58.7. The second-order valence-corrected chi connectivity index (χ2v) is 6.45. The van der Waals surface area contributed by atoms with Gasteiger partial charge < -0.3 is 9.57 Å². The van der Waals surface area contributed by atoms with Gasteiger partial charge in [0.1, 0.15) is 21.9 Å². The molecule has 1 unspecified atom stereocenters. The van der Waals surface area contributed by atoms with E-state index in [2.05, 4.69) is 21.1 Å². The summed E-state index contributed by atoms with van der Waals surface area (Å²) in [5.74, 6) is -0.223. The van der Waals surface area contributed by atoms with Crippen molar-refractivity contribution in [3.63, 3.8) is 0 Å². The van der Waals surface area contributed by atoms with Crippen LogP contribution in [0.3, 0.4) is 0 Å². The van der Waals surface area contributed by atoms with Crippen molar-refractivity contribution in [2.45, 2.75) is 25.6 Å².